The third-order valence-corrected chi connectivity index (χ3v) is 5.29. The van der Waals surface area contributed by atoms with Gasteiger partial charge in [0.2, 0.25) is 0 Å². The number of piperidine rings is 1. The lowest BCUT2D eigenvalue weighted by Gasteiger charge is -2.46. The molecule has 2 unspecified atom stereocenters. The van der Waals surface area contributed by atoms with Crippen molar-refractivity contribution in [3.63, 3.8) is 0 Å². The molecular weight excluding hydrogens is 238 g/mol. The first-order valence-electron chi connectivity index (χ1n) is 8.04. The molecule has 2 aliphatic rings. The Hall–Kier alpha value is -0.160. The number of likely N-dealkylation sites (tertiary alicyclic amines) is 1. The predicted octanol–water partition coefficient (Wildman–Crippen LogP) is 0.940. The quantitative estimate of drug-likeness (QED) is 0.695. The van der Waals surface area contributed by atoms with Gasteiger partial charge in [-0.3, -0.25) is 0 Å². The first-order valence-corrected chi connectivity index (χ1v) is 8.04. The Morgan fingerprint density at radius 2 is 1.95 bits per heavy atom. The Balaban J connectivity index is 1.94. The molecule has 0 radical (unpaired) electrons. The Bertz CT molecular complexity index is 264. The molecule has 4 nitrogen and oxygen atoms in total. The number of hydrogen-bond acceptors (Lipinski definition) is 4. The fourth-order valence-electron chi connectivity index (χ4n) is 3.71. The molecule has 2 rings (SSSR count). The molecule has 1 aliphatic carbocycles. The molecule has 0 amide bonds. The largest absolute Gasteiger partial charge is 0.396 e. The van der Waals surface area contributed by atoms with Crippen molar-refractivity contribution in [3.8, 4) is 0 Å². The molecule has 2 fully saturated rings. The van der Waals surface area contributed by atoms with E-state index in [9.17, 15) is 5.11 Å². The normalized spacial score (nSPS) is 32.4. The highest BCUT2D eigenvalue weighted by Gasteiger charge is 2.37. The van der Waals surface area contributed by atoms with Gasteiger partial charge < -0.3 is 21.1 Å². The van der Waals surface area contributed by atoms with Crippen LogP contribution in [0.4, 0.5) is 0 Å². The summed E-state index contributed by atoms with van der Waals surface area (Å²) in [4.78, 5) is 2.50. The summed E-state index contributed by atoms with van der Waals surface area (Å²) >= 11 is 0. The van der Waals surface area contributed by atoms with Gasteiger partial charge in [0, 0.05) is 24.7 Å². The van der Waals surface area contributed by atoms with Gasteiger partial charge in [-0.1, -0.05) is 19.8 Å². The summed E-state index contributed by atoms with van der Waals surface area (Å²) < 4.78 is 0. The van der Waals surface area contributed by atoms with Crippen molar-refractivity contribution in [3.05, 3.63) is 0 Å². The summed E-state index contributed by atoms with van der Waals surface area (Å²) in [5, 5.41) is 13.4. The van der Waals surface area contributed by atoms with Crippen molar-refractivity contribution < 1.29 is 5.11 Å². The van der Waals surface area contributed by atoms with E-state index in [0.717, 1.165) is 45.4 Å². The fraction of sp³-hybridized carbons (Fsp3) is 1.00. The smallest absolute Gasteiger partial charge is 0.0474 e. The number of aliphatic hydroxyl groups excluding tert-OH is 1. The van der Waals surface area contributed by atoms with Crippen molar-refractivity contribution in [2.24, 2.45) is 11.7 Å². The molecule has 1 saturated carbocycles. The van der Waals surface area contributed by atoms with E-state index in [1.54, 1.807) is 0 Å². The van der Waals surface area contributed by atoms with Crippen LogP contribution in [0.1, 0.15) is 45.4 Å². The van der Waals surface area contributed by atoms with Crippen LogP contribution in [0.15, 0.2) is 0 Å². The van der Waals surface area contributed by atoms with Crippen LogP contribution < -0.4 is 11.1 Å². The van der Waals surface area contributed by atoms with Crippen LogP contribution in [0, 0.1) is 5.92 Å². The maximum atomic E-state index is 9.55. The van der Waals surface area contributed by atoms with Crippen LogP contribution in [0.2, 0.25) is 0 Å². The van der Waals surface area contributed by atoms with E-state index in [0.29, 0.717) is 18.6 Å². The van der Waals surface area contributed by atoms with Gasteiger partial charge in [0.15, 0.2) is 0 Å². The van der Waals surface area contributed by atoms with Crippen LogP contribution in [-0.2, 0) is 0 Å². The van der Waals surface area contributed by atoms with E-state index in [1.807, 2.05) is 0 Å². The lowest BCUT2D eigenvalue weighted by molar-refractivity contribution is 0.0898. The highest BCUT2D eigenvalue weighted by atomic mass is 16.3. The number of aliphatic hydroxyl groups is 1. The summed E-state index contributed by atoms with van der Waals surface area (Å²) in [6, 6.07) is 0.468. The van der Waals surface area contributed by atoms with Crippen LogP contribution in [-0.4, -0.2) is 54.4 Å². The summed E-state index contributed by atoms with van der Waals surface area (Å²) in [5.74, 6) is 0.432. The number of nitrogens with two attached hydrogens (primary N) is 1. The molecule has 1 heterocycles. The van der Waals surface area contributed by atoms with Crippen molar-refractivity contribution >= 4 is 0 Å². The predicted molar refractivity (Wildman–Crippen MR) is 79.1 cm³/mol. The molecule has 0 bridgehead atoms. The first kappa shape index (κ1) is 15.2. The van der Waals surface area contributed by atoms with Gasteiger partial charge in [-0.05, 0) is 51.2 Å². The van der Waals surface area contributed by atoms with Gasteiger partial charge in [-0.25, -0.2) is 0 Å². The average molecular weight is 269 g/mol. The summed E-state index contributed by atoms with van der Waals surface area (Å²) in [6.45, 7) is 6.71. The molecular formula is C15H31N3O. The third kappa shape index (κ3) is 3.69. The van der Waals surface area contributed by atoms with Gasteiger partial charge >= 0.3 is 0 Å². The second-order valence-corrected chi connectivity index (χ2v) is 6.40. The lowest BCUT2D eigenvalue weighted by Crippen LogP contribution is -2.62. The molecule has 4 heteroatoms. The standard InChI is InChI=1S/C15H31N3O/c1-2-18-9-7-15(12-16,8-10-18)17-14-6-4-3-5-13(14)11-19/h13-14,17,19H,2-12,16H2,1H3. The molecule has 0 aromatic carbocycles. The molecule has 2 atom stereocenters. The Kier molecular flexibility index (Phi) is 5.63. The van der Waals surface area contributed by atoms with Gasteiger partial charge in [-0.2, -0.15) is 0 Å². The number of rotatable bonds is 5. The molecule has 0 aromatic heterocycles. The minimum absolute atomic E-state index is 0.112. The summed E-state index contributed by atoms with van der Waals surface area (Å²) in [5.41, 5.74) is 6.20. The zero-order valence-corrected chi connectivity index (χ0v) is 12.4. The van der Waals surface area contributed by atoms with E-state index >= 15 is 0 Å². The van der Waals surface area contributed by atoms with E-state index in [1.165, 1.54) is 19.3 Å². The number of nitrogens with zero attached hydrogens (tertiary/aromatic N) is 1. The maximum Gasteiger partial charge on any atom is 0.0474 e. The minimum Gasteiger partial charge on any atom is -0.396 e. The highest BCUT2D eigenvalue weighted by Crippen LogP contribution is 2.29. The van der Waals surface area contributed by atoms with Crippen LogP contribution in [0.3, 0.4) is 0 Å². The molecule has 0 aromatic rings. The SMILES string of the molecule is CCN1CCC(CN)(NC2CCCCC2CO)CC1. The topological polar surface area (TPSA) is 61.5 Å². The van der Waals surface area contributed by atoms with Gasteiger partial charge in [0.1, 0.15) is 0 Å². The van der Waals surface area contributed by atoms with Crippen molar-refractivity contribution in [1.82, 2.24) is 10.2 Å². The summed E-state index contributed by atoms with van der Waals surface area (Å²) in [7, 11) is 0. The van der Waals surface area contributed by atoms with Crippen molar-refractivity contribution in [2.45, 2.75) is 57.0 Å². The van der Waals surface area contributed by atoms with Crippen LogP contribution in [0.25, 0.3) is 0 Å². The fourth-order valence-corrected chi connectivity index (χ4v) is 3.71. The molecule has 4 N–H and O–H groups in total. The Labute approximate surface area is 117 Å². The van der Waals surface area contributed by atoms with E-state index in [4.69, 9.17) is 5.73 Å². The molecule has 0 spiro atoms. The third-order valence-electron chi connectivity index (χ3n) is 5.29. The van der Waals surface area contributed by atoms with E-state index in [2.05, 4.69) is 17.1 Å². The molecule has 1 saturated heterocycles. The Morgan fingerprint density at radius 1 is 1.26 bits per heavy atom. The van der Waals surface area contributed by atoms with E-state index in [-0.39, 0.29) is 5.54 Å². The van der Waals surface area contributed by atoms with Gasteiger partial charge in [0.25, 0.3) is 0 Å². The average Bonchev–Trinajstić information content (AvgIpc) is 2.48. The van der Waals surface area contributed by atoms with Crippen LogP contribution in [0.5, 0.6) is 0 Å². The molecule has 112 valence electrons. The number of nitrogens with one attached hydrogen (secondary N) is 1. The van der Waals surface area contributed by atoms with Gasteiger partial charge in [-0.15, -0.1) is 0 Å². The monoisotopic (exact) mass is 269 g/mol. The first-order chi connectivity index (χ1) is 9.23. The zero-order valence-electron chi connectivity index (χ0n) is 12.4. The number of hydrogen-bond donors (Lipinski definition) is 3. The highest BCUT2D eigenvalue weighted by molar-refractivity contribution is 4.98. The summed E-state index contributed by atoms with van der Waals surface area (Å²) in [6.07, 6.45) is 7.21. The second kappa shape index (κ2) is 7.02. The molecule has 19 heavy (non-hydrogen) atoms. The second-order valence-electron chi connectivity index (χ2n) is 6.40. The van der Waals surface area contributed by atoms with Crippen molar-refractivity contribution in [1.29, 1.82) is 0 Å². The Morgan fingerprint density at radius 3 is 2.53 bits per heavy atom. The zero-order chi connectivity index (χ0) is 13.7. The maximum absolute atomic E-state index is 9.55. The van der Waals surface area contributed by atoms with Crippen molar-refractivity contribution in [2.75, 3.05) is 32.8 Å². The van der Waals surface area contributed by atoms with E-state index < -0.39 is 0 Å². The lowest BCUT2D eigenvalue weighted by atomic mass is 9.80. The minimum atomic E-state index is 0.112. The molecule has 1 aliphatic heterocycles. The van der Waals surface area contributed by atoms with Gasteiger partial charge in [0.05, 0.1) is 0 Å². The van der Waals surface area contributed by atoms with Crippen LogP contribution >= 0.6 is 0 Å².